The minimum atomic E-state index is -3.53. The van der Waals surface area contributed by atoms with Crippen molar-refractivity contribution in [1.82, 2.24) is 9.73 Å². The van der Waals surface area contributed by atoms with Crippen LogP contribution in [-0.2, 0) is 14.8 Å². The number of morpholine rings is 1. The first-order valence-electron chi connectivity index (χ1n) is 7.83. The van der Waals surface area contributed by atoms with Crippen LogP contribution in [0.5, 0.6) is 0 Å². The van der Waals surface area contributed by atoms with E-state index in [0.29, 0.717) is 43.4 Å². The first-order valence-corrected chi connectivity index (χ1v) is 9.27. The van der Waals surface area contributed by atoms with E-state index in [0.717, 1.165) is 0 Å². The Hall–Kier alpha value is -2.69. The van der Waals surface area contributed by atoms with Crippen LogP contribution >= 0.6 is 0 Å². The number of rotatable bonds is 5. The second kappa shape index (κ2) is 7.68. The van der Waals surface area contributed by atoms with Gasteiger partial charge in [-0.3, -0.25) is 0 Å². The molecule has 2 heterocycles. The third-order valence-electron chi connectivity index (χ3n) is 3.74. The molecule has 1 aliphatic heterocycles. The van der Waals surface area contributed by atoms with Gasteiger partial charge in [0.2, 0.25) is 10.0 Å². The molecule has 0 unspecified atom stereocenters. The molecule has 0 aliphatic carbocycles. The number of hydrazone groups is 1. The molecule has 9 nitrogen and oxygen atoms in total. The number of nitrogens with one attached hydrogen (secondary N) is 1. The topological polar surface area (TPSA) is 127 Å². The minimum Gasteiger partial charge on any atom is -0.455 e. The van der Waals surface area contributed by atoms with E-state index in [-0.39, 0.29) is 4.90 Å². The summed E-state index contributed by atoms with van der Waals surface area (Å²) in [5, 5.41) is 3.61. The third-order valence-corrected chi connectivity index (χ3v) is 5.65. The van der Waals surface area contributed by atoms with Gasteiger partial charge < -0.3 is 14.9 Å². The number of hydrogen-bond donors (Lipinski definition) is 2. The monoisotopic (exact) mass is 378 g/mol. The Morgan fingerprint density at radius 3 is 2.50 bits per heavy atom. The molecule has 1 aromatic heterocycles. The zero-order valence-electron chi connectivity index (χ0n) is 13.8. The molecule has 138 valence electrons. The second-order valence-corrected chi connectivity index (χ2v) is 7.42. The summed E-state index contributed by atoms with van der Waals surface area (Å²) in [6.45, 7) is 1.51. The van der Waals surface area contributed by atoms with Crippen LogP contribution in [0.3, 0.4) is 0 Å². The second-order valence-electron chi connectivity index (χ2n) is 5.48. The predicted molar refractivity (Wildman–Crippen MR) is 94.0 cm³/mol. The summed E-state index contributed by atoms with van der Waals surface area (Å²) < 4.78 is 37.4. The van der Waals surface area contributed by atoms with Crippen LogP contribution in [0.15, 0.2) is 50.8 Å². The molecule has 1 saturated heterocycles. The summed E-state index contributed by atoms with van der Waals surface area (Å²) in [5.41, 5.74) is 7.68. The highest BCUT2D eigenvalue weighted by atomic mass is 32.2. The van der Waals surface area contributed by atoms with Crippen molar-refractivity contribution in [2.75, 3.05) is 26.3 Å². The zero-order chi connectivity index (χ0) is 18.6. The fourth-order valence-corrected chi connectivity index (χ4v) is 3.87. The average molecular weight is 378 g/mol. The molecule has 2 amide bonds. The van der Waals surface area contributed by atoms with E-state index in [4.69, 9.17) is 14.9 Å². The molecule has 1 aliphatic rings. The minimum absolute atomic E-state index is 0.224. The van der Waals surface area contributed by atoms with E-state index < -0.39 is 16.1 Å². The van der Waals surface area contributed by atoms with Gasteiger partial charge in [-0.05, 0) is 36.4 Å². The van der Waals surface area contributed by atoms with Crippen molar-refractivity contribution >= 4 is 22.3 Å². The van der Waals surface area contributed by atoms with E-state index >= 15 is 0 Å². The number of furan rings is 1. The van der Waals surface area contributed by atoms with E-state index in [1.165, 1.54) is 10.5 Å². The molecule has 2 aromatic rings. The first-order chi connectivity index (χ1) is 12.5. The summed E-state index contributed by atoms with van der Waals surface area (Å²) >= 11 is 0. The standard InChI is InChI=1S/C16H18N4O5S/c17-16(21)19-18-11-13-3-6-15(25-13)12-1-4-14(5-2-12)26(22,23)20-7-9-24-10-8-20/h1-6,11H,7-10H2,(H3,17,19,21)/b18-11-. The van der Waals surface area contributed by atoms with Crippen LogP contribution in [0, 0.1) is 0 Å². The molecule has 1 aromatic carbocycles. The average Bonchev–Trinajstić information content (AvgIpc) is 3.11. The number of carbonyl (C=O) groups excluding carboxylic acids is 1. The SMILES string of the molecule is NC(=O)N/N=C\c1ccc(-c2ccc(S(=O)(=O)N3CCOCC3)cc2)o1. The Bertz CT molecular complexity index is 899. The summed E-state index contributed by atoms with van der Waals surface area (Å²) in [6, 6.07) is 9.06. The number of amides is 2. The van der Waals surface area contributed by atoms with E-state index in [1.807, 2.05) is 0 Å². The van der Waals surface area contributed by atoms with Gasteiger partial charge in [-0.1, -0.05) is 0 Å². The van der Waals surface area contributed by atoms with Crippen molar-refractivity contribution in [3.05, 3.63) is 42.2 Å². The third kappa shape index (κ3) is 4.10. The molecule has 0 bridgehead atoms. The lowest BCUT2D eigenvalue weighted by molar-refractivity contribution is 0.0730. The Morgan fingerprint density at radius 2 is 1.85 bits per heavy atom. The number of primary amides is 1. The van der Waals surface area contributed by atoms with E-state index in [9.17, 15) is 13.2 Å². The van der Waals surface area contributed by atoms with Crippen molar-refractivity contribution in [3.8, 4) is 11.3 Å². The number of urea groups is 1. The molecule has 1 fully saturated rings. The number of nitrogens with two attached hydrogens (primary N) is 1. The van der Waals surface area contributed by atoms with Gasteiger partial charge in [0.15, 0.2) is 0 Å². The van der Waals surface area contributed by atoms with Gasteiger partial charge in [0.25, 0.3) is 0 Å². The maximum absolute atomic E-state index is 12.6. The van der Waals surface area contributed by atoms with Crippen LogP contribution in [0.1, 0.15) is 5.76 Å². The van der Waals surface area contributed by atoms with Crippen LogP contribution in [0.2, 0.25) is 0 Å². The van der Waals surface area contributed by atoms with E-state index in [2.05, 4.69) is 10.5 Å². The highest BCUT2D eigenvalue weighted by molar-refractivity contribution is 7.89. The van der Waals surface area contributed by atoms with Gasteiger partial charge in [0, 0.05) is 18.7 Å². The molecule has 3 N–H and O–H groups in total. The number of benzene rings is 1. The molecule has 0 saturated carbocycles. The van der Waals surface area contributed by atoms with Crippen molar-refractivity contribution in [2.45, 2.75) is 4.90 Å². The number of carbonyl (C=O) groups is 1. The van der Waals surface area contributed by atoms with Crippen molar-refractivity contribution in [3.63, 3.8) is 0 Å². The number of sulfonamides is 1. The Labute approximate surface area is 150 Å². The molecule has 10 heteroatoms. The van der Waals surface area contributed by atoms with Crippen molar-refractivity contribution < 1.29 is 22.4 Å². The van der Waals surface area contributed by atoms with Crippen LogP contribution in [0.25, 0.3) is 11.3 Å². The smallest absolute Gasteiger partial charge is 0.332 e. The molecule has 0 spiro atoms. The molecular weight excluding hydrogens is 360 g/mol. The maximum atomic E-state index is 12.6. The summed E-state index contributed by atoms with van der Waals surface area (Å²) in [7, 11) is -3.53. The van der Waals surface area contributed by atoms with Crippen molar-refractivity contribution in [2.24, 2.45) is 10.8 Å². The van der Waals surface area contributed by atoms with Gasteiger partial charge in [-0.2, -0.15) is 9.41 Å². The Kier molecular flexibility index (Phi) is 5.35. The summed E-state index contributed by atoms with van der Waals surface area (Å²) in [5.74, 6) is 0.958. The van der Waals surface area contributed by atoms with Crippen LogP contribution < -0.4 is 11.2 Å². The van der Waals surface area contributed by atoms with Gasteiger partial charge in [-0.25, -0.2) is 18.6 Å². The molecular formula is C16H18N4O5S. The fraction of sp³-hybridized carbons (Fsp3) is 0.250. The molecule has 3 rings (SSSR count). The number of nitrogens with zero attached hydrogens (tertiary/aromatic N) is 2. The predicted octanol–water partition coefficient (Wildman–Crippen LogP) is 0.970. The lowest BCUT2D eigenvalue weighted by Crippen LogP contribution is -2.40. The van der Waals surface area contributed by atoms with Gasteiger partial charge in [0.05, 0.1) is 24.3 Å². The first kappa shape index (κ1) is 18.1. The molecule has 0 radical (unpaired) electrons. The lowest BCUT2D eigenvalue weighted by atomic mass is 10.2. The zero-order valence-corrected chi connectivity index (χ0v) is 14.6. The molecule has 26 heavy (non-hydrogen) atoms. The van der Waals surface area contributed by atoms with Gasteiger partial charge in [0.1, 0.15) is 11.5 Å². The Balaban J connectivity index is 1.74. The Morgan fingerprint density at radius 1 is 1.15 bits per heavy atom. The lowest BCUT2D eigenvalue weighted by Gasteiger charge is -2.26. The largest absolute Gasteiger partial charge is 0.455 e. The van der Waals surface area contributed by atoms with Crippen LogP contribution in [-0.4, -0.2) is 51.3 Å². The number of hydrogen-bond acceptors (Lipinski definition) is 6. The highest BCUT2D eigenvalue weighted by Gasteiger charge is 2.26. The quantitative estimate of drug-likeness (QED) is 0.592. The van der Waals surface area contributed by atoms with E-state index in [1.54, 1.807) is 36.4 Å². The van der Waals surface area contributed by atoms with Crippen molar-refractivity contribution in [1.29, 1.82) is 0 Å². The summed E-state index contributed by atoms with van der Waals surface area (Å²) in [6.07, 6.45) is 1.31. The van der Waals surface area contributed by atoms with Gasteiger partial charge in [-0.15, -0.1) is 0 Å². The maximum Gasteiger partial charge on any atom is 0.332 e. The summed E-state index contributed by atoms with van der Waals surface area (Å²) in [4.78, 5) is 10.8. The van der Waals surface area contributed by atoms with Crippen LogP contribution in [0.4, 0.5) is 4.79 Å². The fourth-order valence-electron chi connectivity index (χ4n) is 2.46. The molecule has 0 atom stereocenters. The normalized spacial score (nSPS) is 16.0. The highest BCUT2D eigenvalue weighted by Crippen LogP contribution is 2.24. The number of ether oxygens (including phenoxy) is 1. The van der Waals surface area contributed by atoms with Gasteiger partial charge >= 0.3 is 6.03 Å².